The normalized spacial score (nSPS) is 15.7. The van der Waals surface area contributed by atoms with E-state index in [2.05, 4.69) is 15.5 Å². The lowest BCUT2D eigenvalue weighted by Crippen LogP contribution is -2.50. The number of nitrogens with zero attached hydrogens (tertiary/aromatic N) is 1. The number of hydrogen-bond acceptors (Lipinski definition) is 4. The molecule has 3 aromatic rings. The number of nitrogens with one attached hydrogen (secondary N) is 2. The molecule has 1 aliphatic heterocycles. The molecule has 2 unspecified atom stereocenters. The molecule has 0 saturated carbocycles. The first kappa shape index (κ1) is 24.6. The van der Waals surface area contributed by atoms with Gasteiger partial charge in [-0.25, -0.2) is 4.39 Å². The van der Waals surface area contributed by atoms with Crippen molar-refractivity contribution in [2.75, 3.05) is 32.8 Å². The van der Waals surface area contributed by atoms with E-state index in [0.29, 0.717) is 38.3 Å². The first-order valence-electron chi connectivity index (χ1n) is 11.8. The quantitative estimate of drug-likeness (QED) is 0.498. The molecule has 4 rings (SSSR count). The van der Waals surface area contributed by atoms with Crippen LogP contribution in [-0.2, 0) is 16.0 Å². The summed E-state index contributed by atoms with van der Waals surface area (Å²) in [5, 5.41) is 5.91. The number of hydrogen-bond donors (Lipinski definition) is 2. The molecule has 0 bridgehead atoms. The summed E-state index contributed by atoms with van der Waals surface area (Å²) in [6.45, 7) is 2.84. The lowest BCUT2D eigenvalue weighted by molar-refractivity contribution is -0.123. The van der Waals surface area contributed by atoms with Gasteiger partial charge in [-0.2, -0.15) is 0 Å². The fourth-order valence-corrected chi connectivity index (χ4v) is 4.27. The lowest BCUT2D eigenvalue weighted by atomic mass is 10.0. The van der Waals surface area contributed by atoms with Crippen molar-refractivity contribution >= 4 is 11.8 Å². The minimum atomic E-state index is -0.761. The number of carbonyl (C=O) groups is 2. The molecule has 2 atom stereocenters. The third kappa shape index (κ3) is 6.97. The van der Waals surface area contributed by atoms with Gasteiger partial charge in [-0.05, 0) is 35.4 Å². The number of halogens is 1. The summed E-state index contributed by atoms with van der Waals surface area (Å²) in [4.78, 5) is 28.4. The maximum atomic E-state index is 14.0. The summed E-state index contributed by atoms with van der Waals surface area (Å²) in [5.74, 6) is -0.909. The second kappa shape index (κ2) is 12.2. The van der Waals surface area contributed by atoms with Crippen LogP contribution in [0.4, 0.5) is 4.39 Å². The van der Waals surface area contributed by atoms with Gasteiger partial charge in [0.1, 0.15) is 11.9 Å². The standard InChI is InChI=1S/C28H30FN3O3/c29-24-13-7-12-23(19-24)26(32-14-16-35-17-15-32)20-30-28(34)25(18-21-8-3-1-4-9-21)31-27(33)22-10-5-2-6-11-22/h1-13,19,25-26H,14-18,20H2,(H,30,34)(H,31,33). The van der Waals surface area contributed by atoms with Crippen molar-refractivity contribution in [1.29, 1.82) is 0 Å². The zero-order chi connectivity index (χ0) is 24.5. The first-order chi connectivity index (χ1) is 17.1. The highest BCUT2D eigenvalue weighted by molar-refractivity contribution is 5.97. The van der Waals surface area contributed by atoms with E-state index in [4.69, 9.17) is 4.74 Å². The van der Waals surface area contributed by atoms with Crippen molar-refractivity contribution in [3.63, 3.8) is 0 Å². The molecule has 0 spiro atoms. The number of rotatable bonds is 9. The molecule has 1 fully saturated rings. The monoisotopic (exact) mass is 475 g/mol. The van der Waals surface area contributed by atoms with Crippen LogP contribution in [0.25, 0.3) is 0 Å². The molecule has 3 aromatic carbocycles. The maximum Gasteiger partial charge on any atom is 0.251 e. The molecule has 1 saturated heterocycles. The average molecular weight is 476 g/mol. The molecular formula is C28H30FN3O3. The summed E-state index contributed by atoms with van der Waals surface area (Å²) < 4.78 is 19.5. The highest BCUT2D eigenvalue weighted by Gasteiger charge is 2.26. The van der Waals surface area contributed by atoms with E-state index in [1.165, 1.54) is 12.1 Å². The Morgan fingerprint density at radius 3 is 2.29 bits per heavy atom. The molecule has 2 amide bonds. The molecule has 1 heterocycles. The van der Waals surface area contributed by atoms with E-state index in [0.717, 1.165) is 11.1 Å². The Balaban J connectivity index is 1.50. The largest absolute Gasteiger partial charge is 0.379 e. The van der Waals surface area contributed by atoms with Crippen molar-refractivity contribution in [2.45, 2.75) is 18.5 Å². The fraction of sp³-hybridized carbons (Fsp3) is 0.286. The van der Waals surface area contributed by atoms with Crippen LogP contribution in [0.5, 0.6) is 0 Å². The highest BCUT2D eigenvalue weighted by Crippen LogP contribution is 2.22. The topological polar surface area (TPSA) is 70.7 Å². The summed E-state index contributed by atoms with van der Waals surface area (Å²) >= 11 is 0. The van der Waals surface area contributed by atoms with Gasteiger partial charge < -0.3 is 15.4 Å². The van der Waals surface area contributed by atoms with E-state index in [1.54, 1.807) is 30.3 Å². The van der Waals surface area contributed by atoms with Gasteiger partial charge >= 0.3 is 0 Å². The fourth-order valence-electron chi connectivity index (χ4n) is 4.27. The molecule has 2 N–H and O–H groups in total. The van der Waals surface area contributed by atoms with Crippen LogP contribution >= 0.6 is 0 Å². The van der Waals surface area contributed by atoms with Crippen LogP contribution in [0.15, 0.2) is 84.9 Å². The van der Waals surface area contributed by atoms with E-state index >= 15 is 0 Å². The predicted molar refractivity (Wildman–Crippen MR) is 132 cm³/mol. The van der Waals surface area contributed by atoms with Crippen molar-refractivity contribution in [3.8, 4) is 0 Å². The summed E-state index contributed by atoms with van der Waals surface area (Å²) in [7, 11) is 0. The van der Waals surface area contributed by atoms with Gasteiger partial charge in [0.2, 0.25) is 5.91 Å². The third-order valence-corrected chi connectivity index (χ3v) is 6.13. The molecule has 6 nitrogen and oxygen atoms in total. The van der Waals surface area contributed by atoms with Gasteiger partial charge in [0.05, 0.1) is 19.3 Å². The Morgan fingerprint density at radius 1 is 0.914 bits per heavy atom. The molecule has 0 aliphatic carbocycles. The van der Waals surface area contributed by atoms with Gasteiger partial charge in [0.15, 0.2) is 0 Å². The first-order valence-corrected chi connectivity index (χ1v) is 11.8. The van der Waals surface area contributed by atoms with Gasteiger partial charge in [-0.3, -0.25) is 14.5 Å². The highest BCUT2D eigenvalue weighted by atomic mass is 19.1. The van der Waals surface area contributed by atoms with Crippen LogP contribution in [0.1, 0.15) is 27.5 Å². The summed E-state index contributed by atoms with van der Waals surface area (Å²) in [5.41, 5.74) is 2.22. The van der Waals surface area contributed by atoms with Crippen LogP contribution in [0, 0.1) is 5.82 Å². The zero-order valence-electron chi connectivity index (χ0n) is 19.5. The lowest BCUT2D eigenvalue weighted by Gasteiger charge is -2.35. The van der Waals surface area contributed by atoms with Crippen molar-refractivity contribution in [2.24, 2.45) is 0 Å². The van der Waals surface area contributed by atoms with Crippen molar-refractivity contribution in [3.05, 3.63) is 107 Å². The molecule has 182 valence electrons. The molecule has 0 radical (unpaired) electrons. The molecule has 7 heteroatoms. The van der Waals surface area contributed by atoms with E-state index in [-0.39, 0.29) is 30.2 Å². The summed E-state index contributed by atoms with van der Waals surface area (Å²) in [6, 6.07) is 23.9. The number of benzene rings is 3. The van der Waals surface area contributed by atoms with Crippen LogP contribution in [0.2, 0.25) is 0 Å². The van der Waals surface area contributed by atoms with Gasteiger partial charge in [-0.15, -0.1) is 0 Å². The minimum absolute atomic E-state index is 0.208. The van der Waals surface area contributed by atoms with Crippen LogP contribution in [0.3, 0.4) is 0 Å². The number of ether oxygens (including phenoxy) is 1. The Morgan fingerprint density at radius 2 is 1.60 bits per heavy atom. The van der Waals surface area contributed by atoms with Crippen molar-refractivity contribution < 1.29 is 18.7 Å². The van der Waals surface area contributed by atoms with E-state index < -0.39 is 6.04 Å². The van der Waals surface area contributed by atoms with Gasteiger partial charge in [0.25, 0.3) is 5.91 Å². The zero-order valence-corrected chi connectivity index (χ0v) is 19.5. The maximum absolute atomic E-state index is 14.0. The second-order valence-electron chi connectivity index (χ2n) is 8.55. The summed E-state index contributed by atoms with van der Waals surface area (Å²) in [6.07, 6.45) is 0.355. The van der Waals surface area contributed by atoms with Gasteiger partial charge in [-0.1, -0.05) is 60.7 Å². The minimum Gasteiger partial charge on any atom is -0.379 e. The number of amides is 2. The van der Waals surface area contributed by atoms with E-state index in [1.807, 2.05) is 42.5 Å². The van der Waals surface area contributed by atoms with Crippen molar-refractivity contribution in [1.82, 2.24) is 15.5 Å². The predicted octanol–water partition coefficient (Wildman–Crippen LogP) is 3.36. The second-order valence-corrected chi connectivity index (χ2v) is 8.55. The Kier molecular flexibility index (Phi) is 8.59. The van der Waals surface area contributed by atoms with Crippen LogP contribution < -0.4 is 10.6 Å². The number of morpholine rings is 1. The third-order valence-electron chi connectivity index (χ3n) is 6.13. The molecular weight excluding hydrogens is 445 g/mol. The average Bonchev–Trinajstić information content (AvgIpc) is 2.90. The van der Waals surface area contributed by atoms with E-state index in [9.17, 15) is 14.0 Å². The smallest absolute Gasteiger partial charge is 0.251 e. The van der Waals surface area contributed by atoms with Gasteiger partial charge in [0, 0.05) is 31.6 Å². The Labute approximate surface area is 205 Å². The van der Waals surface area contributed by atoms with Crippen LogP contribution in [-0.4, -0.2) is 55.6 Å². The molecule has 35 heavy (non-hydrogen) atoms. The Hall–Kier alpha value is -3.55. The Bertz CT molecular complexity index is 1100. The SMILES string of the molecule is O=C(NC(Cc1ccccc1)C(=O)NCC(c1cccc(F)c1)N1CCOCC1)c1ccccc1. The molecule has 0 aromatic heterocycles. The number of carbonyl (C=O) groups excluding carboxylic acids is 2. The molecule has 1 aliphatic rings.